The lowest BCUT2D eigenvalue weighted by Gasteiger charge is -2.05. The fourth-order valence-electron chi connectivity index (χ4n) is 1.81. The molecule has 0 saturated heterocycles. The highest BCUT2D eigenvalue weighted by Gasteiger charge is 2.14. The summed E-state index contributed by atoms with van der Waals surface area (Å²) < 4.78 is 9.25. The number of carbonyl (C=O) groups is 1. The second-order valence-electron chi connectivity index (χ2n) is 3.74. The molecule has 3 heterocycles. The minimum absolute atomic E-state index is 0.250. The Labute approximate surface area is 108 Å². The van der Waals surface area contributed by atoms with Gasteiger partial charge < -0.3 is 14.4 Å². The van der Waals surface area contributed by atoms with Gasteiger partial charge in [-0.25, -0.2) is 9.67 Å². The first kappa shape index (κ1) is 13.1. The molecule has 0 aliphatic carbocycles. The Morgan fingerprint density at radius 1 is 1.42 bits per heavy atom. The molecule has 9 nitrogen and oxygen atoms in total. The molecule has 1 N–H and O–H groups in total. The smallest absolute Gasteiger partial charge is 0.290 e. The van der Waals surface area contributed by atoms with Crippen LogP contribution in [-0.2, 0) is 29.0 Å². The van der Waals surface area contributed by atoms with Gasteiger partial charge >= 0.3 is 0 Å². The Morgan fingerprint density at radius 3 is 3.00 bits per heavy atom. The van der Waals surface area contributed by atoms with E-state index >= 15 is 0 Å². The molecule has 0 aromatic carbocycles. The van der Waals surface area contributed by atoms with Gasteiger partial charge in [-0.2, -0.15) is 5.10 Å². The lowest BCUT2D eigenvalue weighted by Crippen LogP contribution is -2.12. The van der Waals surface area contributed by atoms with Crippen molar-refractivity contribution in [3.63, 3.8) is 0 Å². The zero-order chi connectivity index (χ0) is 13.5. The highest BCUT2D eigenvalue weighted by Crippen LogP contribution is 2.08. The SMILES string of the molecule is O=CO.c1ncn(Cc2nnc3n2CCOCC3)n1. The molecule has 0 amide bonds. The quantitative estimate of drug-likeness (QED) is 0.708. The predicted octanol–water partition coefficient (Wildman–Crippen LogP) is -0.809. The standard InChI is InChI=1S/C9H12N6O.CH2O2/c1-3-16-4-2-15-8(1)12-13-9(15)5-14-7-10-6-11-14;2-1-3/h6-7H,1-5H2;1H,(H,2,3). The molecule has 0 atom stereocenters. The van der Waals surface area contributed by atoms with Crippen LogP contribution in [0, 0.1) is 0 Å². The van der Waals surface area contributed by atoms with Crippen molar-refractivity contribution >= 4 is 6.47 Å². The summed E-state index contributed by atoms with van der Waals surface area (Å²) in [5, 5.41) is 19.3. The van der Waals surface area contributed by atoms with E-state index in [-0.39, 0.29) is 6.47 Å². The third-order valence-electron chi connectivity index (χ3n) is 2.60. The first-order valence-corrected chi connectivity index (χ1v) is 5.74. The van der Waals surface area contributed by atoms with E-state index in [9.17, 15) is 0 Å². The summed E-state index contributed by atoms with van der Waals surface area (Å²) in [4.78, 5) is 12.3. The van der Waals surface area contributed by atoms with E-state index < -0.39 is 0 Å². The van der Waals surface area contributed by atoms with Crippen LogP contribution in [0.2, 0.25) is 0 Å². The van der Waals surface area contributed by atoms with Crippen molar-refractivity contribution in [2.24, 2.45) is 0 Å². The van der Waals surface area contributed by atoms with Crippen LogP contribution < -0.4 is 0 Å². The summed E-state index contributed by atoms with van der Waals surface area (Å²) in [6.45, 7) is 2.61. The van der Waals surface area contributed by atoms with Crippen molar-refractivity contribution in [2.75, 3.05) is 13.2 Å². The Balaban J connectivity index is 0.000000408. The average Bonchev–Trinajstić information content (AvgIpc) is 2.97. The van der Waals surface area contributed by atoms with Gasteiger partial charge in [0.05, 0.1) is 13.2 Å². The molecule has 2 aromatic heterocycles. The number of fused-ring (bicyclic) bond motifs is 1. The van der Waals surface area contributed by atoms with Gasteiger partial charge in [0.2, 0.25) is 0 Å². The third-order valence-corrected chi connectivity index (χ3v) is 2.60. The average molecular weight is 266 g/mol. The van der Waals surface area contributed by atoms with Crippen molar-refractivity contribution < 1.29 is 14.6 Å². The Morgan fingerprint density at radius 2 is 2.26 bits per heavy atom. The monoisotopic (exact) mass is 266 g/mol. The van der Waals surface area contributed by atoms with E-state index in [1.165, 1.54) is 6.33 Å². The van der Waals surface area contributed by atoms with Crippen LogP contribution in [0.1, 0.15) is 11.6 Å². The first-order chi connectivity index (χ1) is 9.35. The second kappa shape index (κ2) is 6.59. The van der Waals surface area contributed by atoms with Crippen LogP contribution in [0.15, 0.2) is 12.7 Å². The molecule has 19 heavy (non-hydrogen) atoms. The summed E-state index contributed by atoms with van der Waals surface area (Å²) >= 11 is 0. The number of aromatic nitrogens is 6. The van der Waals surface area contributed by atoms with Crippen LogP contribution in [0.5, 0.6) is 0 Å². The summed E-state index contributed by atoms with van der Waals surface area (Å²) in [5.41, 5.74) is 0. The van der Waals surface area contributed by atoms with Crippen LogP contribution >= 0.6 is 0 Å². The van der Waals surface area contributed by atoms with E-state index in [1.54, 1.807) is 11.0 Å². The van der Waals surface area contributed by atoms with Gasteiger partial charge in [0.25, 0.3) is 6.47 Å². The maximum atomic E-state index is 8.36. The molecular weight excluding hydrogens is 252 g/mol. The van der Waals surface area contributed by atoms with E-state index in [4.69, 9.17) is 14.6 Å². The molecule has 2 aromatic rings. The van der Waals surface area contributed by atoms with Crippen molar-refractivity contribution in [1.82, 2.24) is 29.5 Å². The minimum atomic E-state index is -0.250. The summed E-state index contributed by atoms with van der Waals surface area (Å²) in [7, 11) is 0. The molecule has 0 spiro atoms. The molecule has 0 bridgehead atoms. The highest BCUT2D eigenvalue weighted by atomic mass is 16.5. The molecule has 1 aliphatic heterocycles. The van der Waals surface area contributed by atoms with Gasteiger partial charge in [-0.05, 0) is 0 Å². The van der Waals surface area contributed by atoms with Gasteiger partial charge in [-0.15, -0.1) is 10.2 Å². The summed E-state index contributed by atoms with van der Waals surface area (Å²) in [5.74, 6) is 1.90. The van der Waals surface area contributed by atoms with Crippen LogP contribution in [0.4, 0.5) is 0 Å². The first-order valence-electron chi connectivity index (χ1n) is 5.74. The highest BCUT2D eigenvalue weighted by molar-refractivity contribution is 5.32. The van der Waals surface area contributed by atoms with Crippen molar-refractivity contribution in [3.8, 4) is 0 Å². The summed E-state index contributed by atoms with van der Waals surface area (Å²) in [6, 6.07) is 0. The maximum absolute atomic E-state index is 8.36. The Hall–Kier alpha value is -2.29. The molecule has 3 rings (SSSR count). The molecule has 0 unspecified atom stereocenters. The Kier molecular flexibility index (Phi) is 4.56. The number of carboxylic acid groups (broad SMARTS) is 1. The largest absolute Gasteiger partial charge is 0.483 e. The van der Waals surface area contributed by atoms with Crippen LogP contribution in [0.3, 0.4) is 0 Å². The van der Waals surface area contributed by atoms with Gasteiger partial charge in [0.15, 0.2) is 5.82 Å². The van der Waals surface area contributed by atoms with Gasteiger partial charge in [0, 0.05) is 13.0 Å². The molecule has 1 aliphatic rings. The van der Waals surface area contributed by atoms with E-state index in [0.29, 0.717) is 6.54 Å². The van der Waals surface area contributed by atoms with Gasteiger partial charge in [-0.1, -0.05) is 0 Å². The number of hydrogen-bond donors (Lipinski definition) is 1. The predicted molar refractivity (Wildman–Crippen MR) is 62.4 cm³/mol. The van der Waals surface area contributed by atoms with E-state index in [0.717, 1.165) is 37.8 Å². The normalized spacial score (nSPS) is 13.9. The molecule has 9 heteroatoms. The van der Waals surface area contributed by atoms with Crippen LogP contribution in [0.25, 0.3) is 0 Å². The Bertz CT molecular complexity index is 509. The van der Waals surface area contributed by atoms with Crippen molar-refractivity contribution in [2.45, 2.75) is 19.5 Å². The number of hydrogen-bond acceptors (Lipinski definition) is 6. The lowest BCUT2D eigenvalue weighted by atomic mass is 10.4. The van der Waals surface area contributed by atoms with E-state index in [1.807, 2.05) is 0 Å². The maximum Gasteiger partial charge on any atom is 0.290 e. The van der Waals surface area contributed by atoms with E-state index in [2.05, 4.69) is 24.8 Å². The van der Waals surface area contributed by atoms with Crippen LogP contribution in [-0.4, -0.2) is 54.3 Å². The molecule has 0 fully saturated rings. The molecule has 0 saturated carbocycles. The molecule has 0 radical (unpaired) electrons. The molecular formula is C10H14N6O3. The second-order valence-corrected chi connectivity index (χ2v) is 3.74. The number of nitrogens with zero attached hydrogens (tertiary/aromatic N) is 6. The summed E-state index contributed by atoms with van der Waals surface area (Å²) in [6.07, 6.45) is 4.02. The third kappa shape index (κ3) is 3.35. The number of rotatable bonds is 2. The van der Waals surface area contributed by atoms with Gasteiger partial charge in [0.1, 0.15) is 25.0 Å². The van der Waals surface area contributed by atoms with Crippen molar-refractivity contribution in [1.29, 1.82) is 0 Å². The van der Waals surface area contributed by atoms with Crippen molar-refractivity contribution in [3.05, 3.63) is 24.3 Å². The minimum Gasteiger partial charge on any atom is -0.483 e. The fraction of sp³-hybridized carbons (Fsp3) is 0.500. The zero-order valence-electron chi connectivity index (χ0n) is 10.2. The lowest BCUT2D eigenvalue weighted by molar-refractivity contribution is -0.122. The topological polar surface area (TPSA) is 108 Å². The van der Waals surface area contributed by atoms with Gasteiger partial charge in [-0.3, -0.25) is 4.79 Å². The molecule has 102 valence electrons. The fourth-order valence-corrected chi connectivity index (χ4v) is 1.81. The zero-order valence-corrected chi connectivity index (χ0v) is 10.2. The number of ether oxygens (including phenoxy) is 1.